The predicted molar refractivity (Wildman–Crippen MR) is 124 cm³/mol. The Bertz CT molecular complexity index is 1230. The fourth-order valence-electron chi connectivity index (χ4n) is 3.66. The lowest BCUT2D eigenvalue weighted by Gasteiger charge is -2.16. The maximum Gasteiger partial charge on any atom is 0.416 e. The highest BCUT2D eigenvalue weighted by Gasteiger charge is 2.30. The van der Waals surface area contributed by atoms with E-state index in [-0.39, 0.29) is 11.3 Å². The van der Waals surface area contributed by atoms with Gasteiger partial charge < -0.3 is 0 Å². The summed E-state index contributed by atoms with van der Waals surface area (Å²) in [4.78, 5) is 2.29. The van der Waals surface area contributed by atoms with Crippen LogP contribution in [0.25, 0.3) is 20.2 Å². The van der Waals surface area contributed by atoms with Gasteiger partial charge in [0, 0.05) is 24.5 Å². The van der Waals surface area contributed by atoms with E-state index in [9.17, 15) is 13.2 Å². The molecular weight excluding hydrogens is 445 g/mol. The average molecular weight is 467 g/mol. The molecule has 0 aliphatic rings. The van der Waals surface area contributed by atoms with Crippen molar-refractivity contribution < 1.29 is 13.2 Å². The van der Waals surface area contributed by atoms with Crippen LogP contribution in [0.3, 0.4) is 0 Å². The fraction of sp³-hybridized carbons (Fsp3) is 0.333. The highest BCUT2D eigenvalue weighted by molar-refractivity contribution is 7.20. The second kappa shape index (κ2) is 7.54. The summed E-state index contributed by atoms with van der Waals surface area (Å²) in [6, 6.07) is 12.3. The van der Waals surface area contributed by atoms with E-state index in [4.69, 9.17) is 11.6 Å². The Morgan fingerprint density at radius 2 is 1.67 bits per heavy atom. The minimum absolute atomic E-state index is 0.000564. The van der Waals surface area contributed by atoms with Gasteiger partial charge in [-0.15, -0.1) is 22.7 Å². The molecule has 4 aromatic rings. The molecule has 4 rings (SSSR count). The zero-order valence-corrected chi connectivity index (χ0v) is 19.5. The fourth-order valence-corrected chi connectivity index (χ4v) is 6.59. The average Bonchev–Trinajstić information content (AvgIpc) is 3.21. The minimum atomic E-state index is -4.31. The molecule has 0 nitrogen and oxygen atoms in total. The van der Waals surface area contributed by atoms with Crippen molar-refractivity contribution in [3.05, 3.63) is 68.4 Å². The van der Waals surface area contributed by atoms with Crippen LogP contribution in [0.2, 0.25) is 5.02 Å². The molecule has 0 aliphatic carbocycles. The second-order valence-corrected chi connectivity index (χ2v) is 11.4. The lowest BCUT2D eigenvalue weighted by atomic mass is 9.94. The Hall–Kier alpha value is -1.56. The zero-order chi connectivity index (χ0) is 21.8. The van der Waals surface area contributed by atoms with Gasteiger partial charge in [0.1, 0.15) is 0 Å². The van der Waals surface area contributed by atoms with E-state index in [0.717, 1.165) is 32.5 Å². The Morgan fingerprint density at radius 1 is 0.933 bits per heavy atom. The third-order valence-electron chi connectivity index (χ3n) is 5.27. The molecule has 2 aromatic heterocycles. The van der Waals surface area contributed by atoms with Gasteiger partial charge in [-0.3, -0.25) is 0 Å². The first kappa shape index (κ1) is 21.7. The molecule has 2 aromatic carbocycles. The molecule has 0 saturated carbocycles. The van der Waals surface area contributed by atoms with Crippen LogP contribution >= 0.6 is 34.3 Å². The van der Waals surface area contributed by atoms with Gasteiger partial charge in [0.25, 0.3) is 0 Å². The number of fused-ring (bicyclic) bond motifs is 2. The Morgan fingerprint density at radius 3 is 2.33 bits per heavy atom. The van der Waals surface area contributed by atoms with Crippen LogP contribution < -0.4 is 0 Å². The van der Waals surface area contributed by atoms with Crippen LogP contribution in [0.5, 0.6) is 0 Å². The number of halogens is 4. The molecule has 158 valence electrons. The van der Waals surface area contributed by atoms with Gasteiger partial charge in [0.2, 0.25) is 0 Å². The normalized spacial score (nSPS) is 14.0. The molecular formula is C24H22ClF3S2. The molecule has 0 saturated heterocycles. The standard InChI is InChI=1S/C24H22ClF3S2/c1-13(19-12-15-11-16(24(26,27)28)6-8-18(15)29-19)9-14-5-7-17-20(10-14)30-22(21(17)25)23(2,3)4/h5-8,10-13H,9H2,1-4H3. The van der Waals surface area contributed by atoms with Crippen LogP contribution in [0.15, 0.2) is 42.5 Å². The topological polar surface area (TPSA) is 0 Å². The highest BCUT2D eigenvalue weighted by Crippen LogP contribution is 2.43. The summed E-state index contributed by atoms with van der Waals surface area (Å²) >= 11 is 9.93. The van der Waals surface area contributed by atoms with Gasteiger partial charge in [0.15, 0.2) is 0 Å². The molecule has 0 N–H and O–H groups in total. The molecule has 1 atom stereocenters. The molecule has 0 fully saturated rings. The number of hydrogen-bond donors (Lipinski definition) is 0. The number of thiophene rings is 2. The van der Waals surface area contributed by atoms with Crippen LogP contribution in [0.4, 0.5) is 13.2 Å². The number of hydrogen-bond acceptors (Lipinski definition) is 2. The number of benzene rings is 2. The van der Waals surface area contributed by atoms with Crippen molar-refractivity contribution in [2.24, 2.45) is 0 Å². The molecule has 0 amide bonds. The summed E-state index contributed by atoms with van der Waals surface area (Å²) in [6.45, 7) is 8.62. The van der Waals surface area contributed by atoms with Crippen LogP contribution in [-0.2, 0) is 18.0 Å². The summed E-state index contributed by atoms with van der Waals surface area (Å²) in [5.74, 6) is 0.215. The van der Waals surface area contributed by atoms with Gasteiger partial charge in [-0.2, -0.15) is 13.2 Å². The first-order valence-electron chi connectivity index (χ1n) is 9.75. The smallest absolute Gasteiger partial charge is 0.166 e. The van der Waals surface area contributed by atoms with Gasteiger partial charge in [-0.05, 0) is 59.0 Å². The van der Waals surface area contributed by atoms with E-state index in [1.54, 1.807) is 28.7 Å². The van der Waals surface area contributed by atoms with E-state index in [1.807, 2.05) is 6.07 Å². The first-order valence-corrected chi connectivity index (χ1v) is 11.8. The Balaban J connectivity index is 1.61. The van der Waals surface area contributed by atoms with E-state index in [0.29, 0.717) is 5.39 Å². The van der Waals surface area contributed by atoms with E-state index in [2.05, 4.69) is 45.9 Å². The van der Waals surface area contributed by atoms with Crippen molar-refractivity contribution in [1.29, 1.82) is 0 Å². The van der Waals surface area contributed by atoms with E-state index < -0.39 is 11.7 Å². The molecule has 6 heteroatoms. The van der Waals surface area contributed by atoms with Crippen molar-refractivity contribution in [3.8, 4) is 0 Å². The highest BCUT2D eigenvalue weighted by atomic mass is 35.5. The third kappa shape index (κ3) is 4.12. The molecule has 0 spiro atoms. The summed E-state index contributed by atoms with van der Waals surface area (Å²) in [5, 5.41) is 2.59. The molecule has 0 radical (unpaired) electrons. The van der Waals surface area contributed by atoms with Gasteiger partial charge in [-0.1, -0.05) is 51.4 Å². The van der Waals surface area contributed by atoms with Crippen molar-refractivity contribution in [3.63, 3.8) is 0 Å². The summed E-state index contributed by atoms with van der Waals surface area (Å²) in [7, 11) is 0. The maximum atomic E-state index is 13.0. The molecule has 0 bridgehead atoms. The van der Waals surface area contributed by atoms with E-state index in [1.165, 1.54) is 21.2 Å². The lowest BCUT2D eigenvalue weighted by Crippen LogP contribution is -2.08. The van der Waals surface area contributed by atoms with Gasteiger partial charge in [-0.25, -0.2) is 0 Å². The van der Waals surface area contributed by atoms with Crippen molar-refractivity contribution in [2.75, 3.05) is 0 Å². The number of alkyl halides is 3. The Kier molecular flexibility index (Phi) is 5.44. The SMILES string of the molecule is CC(Cc1ccc2c(Cl)c(C(C)(C)C)sc2c1)c1cc2cc(C(F)(F)F)ccc2s1. The Labute approximate surface area is 187 Å². The number of rotatable bonds is 3. The minimum Gasteiger partial charge on any atom is -0.166 e. The molecule has 1 unspecified atom stereocenters. The molecule has 0 aliphatic heterocycles. The van der Waals surface area contributed by atoms with Crippen LogP contribution in [0.1, 0.15) is 54.5 Å². The first-order chi connectivity index (χ1) is 13.9. The summed E-state index contributed by atoms with van der Waals surface area (Å²) in [5.41, 5.74) is 0.615. The molecule has 2 heterocycles. The van der Waals surface area contributed by atoms with Crippen molar-refractivity contribution in [1.82, 2.24) is 0 Å². The van der Waals surface area contributed by atoms with Crippen LogP contribution in [0, 0.1) is 0 Å². The second-order valence-electron chi connectivity index (χ2n) is 8.83. The summed E-state index contributed by atoms with van der Waals surface area (Å²) < 4.78 is 41.1. The monoisotopic (exact) mass is 466 g/mol. The summed E-state index contributed by atoms with van der Waals surface area (Å²) in [6.07, 6.45) is -3.49. The quantitative estimate of drug-likeness (QED) is 0.282. The third-order valence-corrected chi connectivity index (χ3v) is 8.70. The predicted octanol–water partition coefficient (Wildman–Crippen LogP) is 9.43. The zero-order valence-electron chi connectivity index (χ0n) is 17.2. The van der Waals surface area contributed by atoms with Gasteiger partial charge in [0.05, 0.1) is 10.6 Å². The van der Waals surface area contributed by atoms with Crippen LogP contribution in [-0.4, -0.2) is 0 Å². The van der Waals surface area contributed by atoms with Gasteiger partial charge >= 0.3 is 6.18 Å². The lowest BCUT2D eigenvalue weighted by molar-refractivity contribution is -0.137. The maximum absolute atomic E-state index is 13.0. The van der Waals surface area contributed by atoms with E-state index >= 15 is 0 Å². The van der Waals surface area contributed by atoms with Crippen molar-refractivity contribution in [2.45, 2.75) is 51.6 Å². The molecule has 30 heavy (non-hydrogen) atoms. The van der Waals surface area contributed by atoms with Crippen molar-refractivity contribution >= 4 is 54.4 Å². The largest absolute Gasteiger partial charge is 0.416 e.